The minimum absolute atomic E-state index is 0.138. The summed E-state index contributed by atoms with van der Waals surface area (Å²) in [5, 5.41) is 9.44. The molecule has 0 amide bonds. The van der Waals surface area contributed by atoms with Gasteiger partial charge >= 0.3 is 11.7 Å². The zero-order valence-corrected chi connectivity index (χ0v) is 13.1. The number of aliphatic hydroxyl groups excluding tert-OH is 1. The zero-order valence-electron chi connectivity index (χ0n) is 13.1. The zero-order chi connectivity index (χ0) is 17.1. The first-order chi connectivity index (χ1) is 10.9. The topological polar surface area (TPSA) is 108 Å². The second-order valence-electron chi connectivity index (χ2n) is 4.83. The molecule has 0 spiro atoms. The fourth-order valence-corrected chi connectivity index (χ4v) is 2.25. The van der Waals surface area contributed by atoms with E-state index in [1.54, 1.807) is 6.92 Å². The van der Waals surface area contributed by atoms with Crippen LogP contribution in [-0.4, -0.2) is 36.4 Å². The van der Waals surface area contributed by atoms with Crippen LogP contribution in [0.1, 0.15) is 12.7 Å². The van der Waals surface area contributed by atoms with Crippen LogP contribution in [0.3, 0.4) is 0 Å². The smallest absolute Gasteiger partial charge is 0.332 e. The average Bonchev–Trinajstić information content (AvgIpc) is 2.90. The van der Waals surface area contributed by atoms with Crippen LogP contribution in [0.4, 0.5) is 0 Å². The number of fused-ring (bicyclic) bond motifs is 1. The molecule has 2 heterocycles. The number of hydrogen-bond donors (Lipinski definition) is 1. The molecule has 9 heteroatoms. The fraction of sp³-hybridized carbons (Fsp3) is 0.429. The van der Waals surface area contributed by atoms with Crippen LogP contribution < -0.4 is 11.2 Å². The van der Waals surface area contributed by atoms with Crippen molar-refractivity contribution in [1.82, 2.24) is 18.7 Å². The molecule has 0 bridgehead atoms. The van der Waals surface area contributed by atoms with E-state index in [9.17, 15) is 19.5 Å². The monoisotopic (exact) mass is 322 g/mol. The molecule has 2 aromatic heterocycles. The number of ether oxygens (including phenoxy) is 1. The Balaban J connectivity index is 2.57. The lowest BCUT2D eigenvalue weighted by Gasteiger charge is -2.06. The van der Waals surface area contributed by atoms with E-state index in [1.807, 2.05) is 0 Å². The van der Waals surface area contributed by atoms with Crippen molar-refractivity contribution in [2.24, 2.45) is 14.1 Å². The van der Waals surface area contributed by atoms with E-state index in [0.717, 1.165) is 4.57 Å². The van der Waals surface area contributed by atoms with Crippen molar-refractivity contribution in [1.29, 1.82) is 0 Å². The molecule has 0 saturated heterocycles. The predicted molar refractivity (Wildman–Crippen MR) is 81.9 cm³/mol. The molecule has 0 aliphatic rings. The van der Waals surface area contributed by atoms with Gasteiger partial charge in [0, 0.05) is 26.7 Å². The summed E-state index contributed by atoms with van der Waals surface area (Å²) in [6, 6.07) is 0. The van der Waals surface area contributed by atoms with E-state index >= 15 is 0 Å². The predicted octanol–water partition coefficient (Wildman–Crippen LogP) is -0.955. The Morgan fingerprint density at radius 2 is 2.00 bits per heavy atom. The van der Waals surface area contributed by atoms with Crippen molar-refractivity contribution in [3.63, 3.8) is 0 Å². The summed E-state index contributed by atoms with van der Waals surface area (Å²) in [5.74, 6) is -0.269. The van der Waals surface area contributed by atoms with Crippen LogP contribution >= 0.6 is 0 Å². The van der Waals surface area contributed by atoms with Gasteiger partial charge in [0.2, 0.25) is 0 Å². The van der Waals surface area contributed by atoms with Gasteiger partial charge in [0.1, 0.15) is 12.4 Å². The number of carbonyl (C=O) groups is 1. The molecule has 0 aromatic carbocycles. The average molecular weight is 322 g/mol. The number of esters is 1. The number of nitrogens with zero attached hydrogens (tertiary/aromatic N) is 4. The maximum absolute atomic E-state index is 12.3. The Morgan fingerprint density at radius 1 is 1.30 bits per heavy atom. The third kappa shape index (κ3) is 2.95. The van der Waals surface area contributed by atoms with E-state index in [0.29, 0.717) is 0 Å². The number of hydrogen-bond acceptors (Lipinski definition) is 6. The third-order valence-electron chi connectivity index (χ3n) is 3.40. The molecular formula is C14H18N4O5. The van der Waals surface area contributed by atoms with E-state index in [4.69, 9.17) is 4.74 Å². The maximum Gasteiger partial charge on any atom is 0.332 e. The first-order valence-corrected chi connectivity index (χ1v) is 7.01. The van der Waals surface area contributed by atoms with Crippen molar-refractivity contribution in [3.8, 4) is 0 Å². The number of aromatic nitrogens is 4. The lowest BCUT2D eigenvalue weighted by molar-refractivity contribution is -0.137. The standard InChI is InChI=1S/C14H18N4O5/c1-4-23-10(20)6-5-7-18-9(8-19)15-12-11(18)13(21)17(3)14(22)16(12)2/h5-6,19H,4,7-8H2,1-3H3/b6-5+. The highest BCUT2D eigenvalue weighted by Gasteiger charge is 2.17. The fourth-order valence-electron chi connectivity index (χ4n) is 2.25. The molecule has 0 aliphatic carbocycles. The van der Waals surface area contributed by atoms with Crippen LogP contribution in [-0.2, 0) is 36.8 Å². The first-order valence-electron chi connectivity index (χ1n) is 7.01. The molecule has 0 fully saturated rings. The molecule has 23 heavy (non-hydrogen) atoms. The summed E-state index contributed by atoms with van der Waals surface area (Å²) in [7, 11) is 2.87. The number of aliphatic hydroxyl groups is 1. The Kier molecular flexibility index (Phi) is 4.80. The van der Waals surface area contributed by atoms with Gasteiger partial charge in [0.05, 0.1) is 6.61 Å². The Hall–Kier alpha value is -2.68. The Labute approximate surface area is 131 Å². The number of rotatable bonds is 5. The normalized spacial score (nSPS) is 11.5. The first kappa shape index (κ1) is 16.7. The molecular weight excluding hydrogens is 304 g/mol. The summed E-state index contributed by atoms with van der Waals surface area (Å²) < 4.78 is 8.44. The molecule has 2 rings (SSSR count). The van der Waals surface area contributed by atoms with Crippen LogP contribution in [0.2, 0.25) is 0 Å². The minimum atomic E-state index is -0.514. The van der Waals surface area contributed by atoms with Crippen LogP contribution in [0, 0.1) is 0 Å². The van der Waals surface area contributed by atoms with Crippen LogP contribution in [0.5, 0.6) is 0 Å². The number of imidazole rings is 1. The SMILES string of the molecule is CCOC(=O)/C=C/Cn1c(CO)nc2c1c(=O)n(C)c(=O)n2C. The molecule has 0 saturated carbocycles. The largest absolute Gasteiger partial charge is 0.463 e. The van der Waals surface area contributed by atoms with Gasteiger partial charge in [-0.2, -0.15) is 0 Å². The lowest BCUT2D eigenvalue weighted by atomic mass is 10.4. The molecule has 1 N–H and O–H groups in total. The van der Waals surface area contributed by atoms with Crippen LogP contribution in [0.25, 0.3) is 11.2 Å². The van der Waals surface area contributed by atoms with Crippen molar-refractivity contribution in [2.45, 2.75) is 20.1 Å². The molecule has 124 valence electrons. The number of carbonyl (C=O) groups excluding carboxylic acids is 1. The second-order valence-corrected chi connectivity index (χ2v) is 4.83. The van der Waals surface area contributed by atoms with Gasteiger partial charge in [-0.25, -0.2) is 14.6 Å². The minimum Gasteiger partial charge on any atom is -0.463 e. The van der Waals surface area contributed by atoms with Gasteiger partial charge in [-0.3, -0.25) is 13.9 Å². The Bertz CT molecular complexity index is 887. The maximum atomic E-state index is 12.3. The summed E-state index contributed by atoms with van der Waals surface area (Å²) in [6.07, 6.45) is 2.74. The highest BCUT2D eigenvalue weighted by molar-refractivity contribution is 5.81. The molecule has 0 unspecified atom stereocenters. The summed E-state index contributed by atoms with van der Waals surface area (Å²) >= 11 is 0. The van der Waals surface area contributed by atoms with Crippen LogP contribution in [0.15, 0.2) is 21.7 Å². The molecule has 2 aromatic rings. The molecule has 9 nitrogen and oxygen atoms in total. The van der Waals surface area contributed by atoms with Gasteiger partial charge in [0.25, 0.3) is 5.56 Å². The molecule has 0 aliphatic heterocycles. The third-order valence-corrected chi connectivity index (χ3v) is 3.40. The van der Waals surface area contributed by atoms with Gasteiger partial charge < -0.3 is 14.4 Å². The summed E-state index contributed by atoms with van der Waals surface area (Å²) in [5.41, 5.74) is -0.641. The van der Waals surface area contributed by atoms with E-state index in [-0.39, 0.29) is 30.1 Å². The van der Waals surface area contributed by atoms with Crippen molar-refractivity contribution >= 4 is 17.1 Å². The van der Waals surface area contributed by atoms with E-state index in [2.05, 4.69) is 4.98 Å². The summed E-state index contributed by atoms with van der Waals surface area (Å²) in [6.45, 7) is 1.70. The van der Waals surface area contributed by atoms with Gasteiger partial charge in [-0.1, -0.05) is 6.08 Å². The van der Waals surface area contributed by atoms with Crippen molar-refractivity contribution < 1.29 is 14.6 Å². The van der Waals surface area contributed by atoms with Gasteiger partial charge in [0.15, 0.2) is 11.2 Å². The second kappa shape index (κ2) is 6.61. The Morgan fingerprint density at radius 3 is 2.61 bits per heavy atom. The molecule has 0 radical (unpaired) electrons. The van der Waals surface area contributed by atoms with Gasteiger partial charge in [-0.15, -0.1) is 0 Å². The van der Waals surface area contributed by atoms with Crippen molar-refractivity contribution in [3.05, 3.63) is 38.8 Å². The van der Waals surface area contributed by atoms with Crippen molar-refractivity contribution in [2.75, 3.05) is 6.61 Å². The summed E-state index contributed by atoms with van der Waals surface area (Å²) in [4.78, 5) is 39.7. The quantitative estimate of drug-likeness (QED) is 0.561. The highest BCUT2D eigenvalue weighted by atomic mass is 16.5. The number of aryl methyl sites for hydroxylation is 1. The number of allylic oxidation sites excluding steroid dienone is 1. The van der Waals surface area contributed by atoms with E-state index in [1.165, 1.54) is 35.4 Å². The molecule has 0 atom stereocenters. The lowest BCUT2D eigenvalue weighted by Crippen LogP contribution is -2.37. The van der Waals surface area contributed by atoms with E-state index < -0.39 is 23.8 Å². The highest BCUT2D eigenvalue weighted by Crippen LogP contribution is 2.11. The van der Waals surface area contributed by atoms with Gasteiger partial charge in [-0.05, 0) is 6.92 Å².